The van der Waals surface area contributed by atoms with Gasteiger partial charge in [0.2, 0.25) is 0 Å². The van der Waals surface area contributed by atoms with E-state index in [2.05, 4.69) is 10.5 Å². The van der Waals surface area contributed by atoms with Crippen LogP contribution in [-0.2, 0) is 16.2 Å². The lowest BCUT2D eigenvalue weighted by atomic mass is 10.2. The number of amides is 1. The molecule has 0 fully saturated rings. The molecule has 0 aliphatic rings. The van der Waals surface area contributed by atoms with Gasteiger partial charge < -0.3 is 20.6 Å². The highest BCUT2D eigenvalue weighted by atomic mass is 16.6. The van der Waals surface area contributed by atoms with Crippen LogP contribution < -0.4 is 15.8 Å². The van der Waals surface area contributed by atoms with Gasteiger partial charge in [0.25, 0.3) is 5.91 Å². The highest BCUT2D eigenvalue weighted by Gasteiger charge is 2.04. The van der Waals surface area contributed by atoms with Crippen molar-refractivity contribution in [3.8, 4) is 5.75 Å². The summed E-state index contributed by atoms with van der Waals surface area (Å²) in [6.07, 6.45) is 0. The van der Waals surface area contributed by atoms with Gasteiger partial charge >= 0.3 is 0 Å². The summed E-state index contributed by atoms with van der Waals surface area (Å²) in [6, 6.07) is 26.2. The molecule has 0 atom stereocenters. The molecule has 28 heavy (non-hydrogen) atoms. The van der Waals surface area contributed by atoms with Gasteiger partial charge in [-0.2, -0.15) is 0 Å². The zero-order chi connectivity index (χ0) is 19.6. The second kappa shape index (κ2) is 9.78. The summed E-state index contributed by atoms with van der Waals surface area (Å²) >= 11 is 0. The molecule has 0 bridgehead atoms. The van der Waals surface area contributed by atoms with E-state index in [9.17, 15) is 4.79 Å². The summed E-state index contributed by atoms with van der Waals surface area (Å²) in [7, 11) is 0. The first kappa shape index (κ1) is 19.0. The fourth-order valence-corrected chi connectivity index (χ4v) is 2.39. The Bertz CT molecular complexity index is 911. The van der Waals surface area contributed by atoms with Gasteiger partial charge in [-0.15, -0.1) is 0 Å². The summed E-state index contributed by atoms with van der Waals surface area (Å²) in [5.74, 6) is 0.606. The number of amidine groups is 1. The van der Waals surface area contributed by atoms with Crippen molar-refractivity contribution in [2.24, 2.45) is 10.9 Å². The summed E-state index contributed by atoms with van der Waals surface area (Å²) in [5.41, 5.74) is 8.26. The van der Waals surface area contributed by atoms with Crippen LogP contribution >= 0.6 is 0 Å². The van der Waals surface area contributed by atoms with E-state index in [1.165, 1.54) is 0 Å². The van der Waals surface area contributed by atoms with E-state index < -0.39 is 0 Å². The third-order valence-electron chi connectivity index (χ3n) is 3.81. The van der Waals surface area contributed by atoms with E-state index >= 15 is 0 Å². The Morgan fingerprint density at radius 2 is 1.54 bits per heavy atom. The largest absolute Gasteiger partial charge is 0.489 e. The van der Waals surface area contributed by atoms with Crippen molar-refractivity contribution < 1.29 is 14.4 Å². The number of anilines is 1. The van der Waals surface area contributed by atoms with E-state index in [1.807, 2.05) is 60.7 Å². The molecule has 142 valence electrons. The van der Waals surface area contributed by atoms with Crippen molar-refractivity contribution in [3.05, 3.63) is 96.1 Å². The lowest BCUT2D eigenvalue weighted by Gasteiger charge is -2.08. The maximum atomic E-state index is 11.9. The number of benzene rings is 3. The molecular weight excluding hydrogens is 354 g/mol. The summed E-state index contributed by atoms with van der Waals surface area (Å²) in [6.45, 7) is 0.251. The van der Waals surface area contributed by atoms with E-state index in [0.29, 0.717) is 12.3 Å². The maximum Gasteiger partial charge on any atom is 0.265 e. The highest BCUT2D eigenvalue weighted by molar-refractivity contribution is 5.97. The van der Waals surface area contributed by atoms with Gasteiger partial charge in [-0.1, -0.05) is 65.8 Å². The Hall–Kier alpha value is -3.80. The smallest absolute Gasteiger partial charge is 0.265 e. The third kappa shape index (κ3) is 5.88. The molecule has 0 radical (unpaired) electrons. The normalized spacial score (nSPS) is 10.9. The summed E-state index contributed by atoms with van der Waals surface area (Å²) in [5, 5.41) is 6.48. The van der Waals surface area contributed by atoms with Gasteiger partial charge in [-0.25, -0.2) is 0 Å². The average molecular weight is 375 g/mol. The van der Waals surface area contributed by atoms with Crippen LogP contribution in [-0.4, -0.2) is 18.3 Å². The van der Waals surface area contributed by atoms with E-state index in [4.69, 9.17) is 15.3 Å². The first-order chi connectivity index (χ1) is 13.7. The second-order valence-electron chi connectivity index (χ2n) is 5.96. The number of nitrogens with one attached hydrogen (secondary N) is 1. The Morgan fingerprint density at radius 3 is 2.21 bits per heavy atom. The minimum absolute atomic E-state index is 0.216. The second-order valence-corrected chi connectivity index (χ2v) is 5.96. The van der Waals surface area contributed by atoms with Crippen LogP contribution in [0.1, 0.15) is 11.1 Å². The maximum absolute atomic E-state index is 11.9. The molecule has 3 aromatic rings. The number of rotatable bonds is 8. The molecule has 0 aromatic heterocycles. The van der Waals surface area contributed by atoms with Crippen LogP contribution in [0, 0.1) is 0 Å². The topological polar surface area (TPSA) is 85.9 Å². The van der Waals surface area contributed by atoms with Crippen molar-refractivity contribution in [2.45, 2.75) is 6.61 Å². The number of carbonyl (C=O) groups is 1. The molecule has 6 heteroatoms. The zero-order valence-electron chi connectivity index (χ0n) is 15.2. The number of hydrogen-bond donors (Lipinski definition) is 2. The molecule has 3 rings (SSSR count). The van der Waals surface area contributed by atoms with Gasteiger partial charge in [0.1, 0.15) is 12.4 Å². The average Bonchev–Trinajstić information content (AvgIpc) is 2.74. The van der Waals surface area contributed by atoms with Gasteiger partial charge in [-0.3, -0.25) is 4.79 Å². The molecule has 0 saturated heterocycles. The van der Waals surface area contributed by atoms with Gasteiger partial charge in [0.15, 0.2) is 12.4 Å². The molecule has 3 aromatic carbocycles. The number of nitrogens with zero attached hydrogens (tertiary/aromatic N) is 1. The highest BCUT2D eigenvalue weighted by Crippen LogP contribution is 2.17. The van der Waals surface area contributed by atoms with Crippen molar-refractivity contribution in [1.82, 2.24) is 0 Å². The number of oxime groups is 1. The molecule has 3 N–H and O–H groups in total. The zero-order valence-corrected chi connectivity index (χ0v) is 15.2. The fourth-order valence-electron chi connectivity index (χ4n) is 2.39. The Morgan fingerprint density at radius 1 is 0.893 bits per heavy atom. The van der Waals surface area contributed by atoms with Crippen molar-refractivity contribution in [3.63, 3.8) is 0 Å². The Kier molecular flexibility index (Phi) is 6.62. The Balaban J connectivity index is 1.44. The number of carbonyl (C=O) groups excluding carboxylic acids is 1. The first-order valence-electron chi connectivity index (χ1n) is 8.78. The van der Waals surface area contributed by atoms with Crippen molar-refractivity contribution >= 4 is 17.4 Å². The summed E-state index contributed by atoms with van der Waals surface area (Å²) < 4.78 is 5.72. The predicted octanol–water partition coefficient (Wildman–Crippen LogP) is 3.54. The molecule has 0 saturated carbocycles. The monoisotopic (exact) mass is 375 g/mol. The number of ether oxygens (including phenoxy) is 1. The predicted molar refractivity (Wildman–Crippen MR) is 109 cm³/mol. The fraction of sp³-hybridized carbons (Fsp3) is 0.0909. The summed E-state index contributed by atoms with van der Waals surface area (Å²) in [4.78, 5) is 17.0. The molecular formula is C22H21N3O3. The van der Waals surface area contributed by atoms with Crippen LogP contribution in [0.5, 0.6) is 5.75 Å². The molecule has 0 aliphatic carbocycles. The SMILES string of the molecule is NC(=NOCC(=O)Nc1ccc(OCc2ccccc2)cc1)c1ccccc1. The minimum atomic E-state index is -0.331. The number of hydrogen-bond acceptors (Lipinski definition) is 4. The van der Waals surface area contributed by atoms with Gasteiger partial charge in [0.05, 0.1) is 0 Å². The van der Waals surface area contributed by atoms with Crippen LogP contribution in [0.2, 0.25) is 0 Å². The lowest BCUT2D eigenvalue weighted by molar-refractivity contribution is -0.120. The molecule has 0 unspecified atom stereocenters. The van der Waals surface area contributed by atoms with E-state index in [1.54, 1.807) is 24.3 Å². The molecule has 0 spiro atoms. The van der Waals surface area contributed by atoms with Crippen molar-refractivity contribution in [1.29, 1.82) is 0 Å². The van der Waals surface area contributed by atoms with E-state index in [0.717, 1.165) is 16.9 Å². The van der Waals surface area contributed by atoms with Crippen LogP contribution in [0.3, 0.4) is 0 Å². The van der Waals surface area contributed by atoms with Crippen LogP contribution in [0.4, 0.5) is 5.69 Å². The molecule has 0 heterocycles. The molecule has 6 nitrogen and oxygen atoms in total. The van der Waals surface area contributed by atoms with Crippen LogP contribution in [0.25, 0.3) is 0 Å². The van der Waals surface area contributed by atoms with Crippen molar-refractivity contribution in [2.75, 3.05) is 11.9 Å². The minimum Gasteiger partial charge on any atom is -0.489 e. The third-order valence-corrected chi connectivity index (χ3v) is 3.81. The molecule has 0 aliphatic heterocycles. The molecule has 1 amide bonds. The number of nitrogens with two attached hydrogens (primary N) is 1. The van der Waals surface area contributed by atoms with E-state index in [-0.39, 0.29) is 18.3 Å². The first-order valence-corrected chi connectivity index (χ1v) is 8.78. The quantitative estimate of drug-likeness (QED) is 0.358. The van der Waals surface area contributed by atoms with Gasteiger partial charge in [0, 0.05) is 11.3 Å². The van der Waals surface area contributed by atoms with Gasteiger partial charge in [-0.05, 0) is 29.8 Å². The Labute approximate surface area is 163 Å². The standard InChI is InChI=1S/C22H21N3O3/c23-22(18-9-5-2-6-10-18)25-28-16-21(26)24-19-11-13-20(14-12-19)27-15-17-7-3-1-4-8-17/h1-14H,15-16H2,(H2,23,25)(H,24,26). The van der Waals surface area contributed by atoms with Crippen LogP contribution in [0.15, 0.2) is 90.1 Å². The lowest BCUT2D eigenvalue weighted by Crippen LogP contribution is -2.19.